The Bertz CT molecular complexity index is 278. The molecule has 0 aliphatic carbocycles. The van der Waals surface area contributed by atoms with E-state index >= 15 is 0 Å². The summed E-state index contributed by atoms with van der Waals surface area (Å²) in [6.07, 6.45) is 5.14. The molecule has 0 radical (unpaired) electrons. The highest BCUT2D eigenvalue weighted by molar-refractivity contribution is 5.29. The fourth-order valence-electron chi connectivity index (χ4n) is 1.02. The Morgan fingerprint density at radius 2 is 1.44 bits per heavy atom. The first-order valence-electron chi connectivity index (χ1n) is 6.29. The van der Waals surface area contributed by atoms with E-state index in [0.29, 0.717) is 0 Å². The standard InChI is InChI=1S/C10H14.C4H8.C2H6/c1-4-10-6-5-8(2)9(3)7-10;1-3-4-2;1-2/h5-7H,4H2,1-3H3;3-4H,1-2H3;1-2H3/b;4-3+;. The van der Waals surface area contributed by atoms with Crippen LogP contribution in [-0.2, 0) is 6.42 Å². The van der Waals surface area contributed by atoms with Crippen LogP contribution in [-0.4, -0.2) is 0 Å². The predicted molar refractivity (Wildman–Crippen MR) is 77.1 cm³/mol. The summed E-state index contributed by atoms with van der Waals surface area (Å²) in [4.78, 5) is 0. The van der Waals surface area contributed by atoms with Gasteiger partial charge in [0.1, 0.15) is 0 Å². The average Bonchev–Trinajstić information content (AvgIpc) is 2.35. The van der Waals surface area contributed by atoms with Crippen molar-refractivity contribution in [3.05, 3.63) is 47.0 Å². The van der Waals surface area contributed by atoms with Crippen LogP contribution in [0.1, 0.15) is 51.3 Å². The van der Waals surface area contributed by atoms with Crippen LogP contribution in [0.25, 0.3) is 0 Å². The van der Waals surface area contributed by atoms with Gasteiger partial charge in [0, 0.05) is 0 Å². The minimum absolute atomic E-state index is 1.14. The molecule has 92 valence electrons. The topological polar surface area (TPSA) is 0 Å². The third-order valence-corrected chi connectivity index (χ3v) is 2.31. The molecule has 0 nitrogen and oxygen atoms in total. The first-order chi connectivity index (χ1) is 7.65. The molecule has 0 N–H and O–H groups in total. The normalized spacial score (nSPS) is 8.94. The molecule has 0 aliphatic rings. The Morgan fingerprint density at radius 3 is 1.75 bits per heavy atom. The fraction of sp³-hybridized carbons (Fsp3) is 0.500. The number of hydrogen-bond acceptors (Lipinski definition) is 0. The molecule has 0 atom stereocenters. The maximum absolute atomic E-state index is 2.26. The Hall–Kier alpha value is -1.04. The van der Waals surface area contributed by atoms with E-state index in [0.717, 1.165) is 6.42 Å². The molecule has 1 aromatic rings. The number of aryl methyl sites for hydroxylation is 3. The van der Waals surface area contributed by atoms with E-state index in [2.05, 4.69) is 39.0 Å². The van der Waals surface area contributed by atoms with E-state index in [1.165, 1.54) is 16.7 Å². The van der Waals surface area contributed by atoms with Crippen molar-refractivity contribution in [1.29, 1.82) is 0 Å². The van der Waals surface area contributed by atoms with Gasteiger partial charge in [-0.05, 0) is 50.8 Å². The van der Waals surface area contributed by atoms with Crippen LogP contribution in [0.5, 0.6) is 0 Å². The van der Waals surface area contributed by atoms with Crippen molar-refractivity contribution in [2.75, 3.05) is 0 Å². The molecule has 0 spiro atoms. The van der Waals surface area contributed by atoms with E-state index in [9.17, 15) is 0 Å². The number of rotatable bonds is 1. The van der Waals surface area contributed by atoms with Crippen LogP contribution in [0.4, 0.5) is 0 Å². The summed E-state index contributed by atoms with van der Waals surface area (Å²) < 4.78 is 0. The van der Waals surface area contributed by atoms with Crippen LogP contribution in [0.15, 0.2) is 30.4 Å². The van der Waals surface area contributed by atoms with Crippen LogP contribution in [0, 0.1) is 13.8 Å². The molecule has 0 unspecified atom stereocenters. The van der Waals surface area contributed by atoms with Gasteiger partial charge in [0.2, 0.25) is 0 Å². The van der Waals surface area contributed by atoms with E-state index in [4.69, 9.17) is 0 Å². The lowest BCUT2D eigenvalue weighted by molar-refractivity contribution is 1.12. The molecule has 0 heteroatoms. The SMILES string of the molecule is C/C=C/C.CC.CCc1ccc(C)c(C)c1. The van der Waals surface area contributed by atoms with Gasteiger partial charge in [0.05, 0.1) is 0 Å². The quantitative estimate of drug-likeness (QED) is 0.550. The molecule has 0 saturated heterocycles. The Labute approximate surface area is 102 Å². The molecule has 0 saturated carbocycles. The van der Waals surface area contributed by atoms with Gasteiger partial charge in [0.25, 0.3) is 0 Å². The van der Waals surface area contributed by atoms with E-state index in [1.54, 1.807) is 0 Å². The lowest BCUT2D eigenvalue weighted by atomic mass is 10.1. The zero-order valence-corrected chi connectivity index (χ0v) is 12.1. The second-order valence-corrected chi connectivity index (χ2v) is 3.44. The van der Waals surface area contributed by atoms with Crippen molar-refractivity contribution in [2.45, 2.75) is 54.9 Å². The highest BCUT2D eigenvalue weighted by atomic mass is 14.0. The van der Waals surface area contributed by atoms with Gasteiger partial charge >= 0.3 is 0 Å². The van der Waals surface area contributed by atoms with Crippen LogP contribution in [0.3, 0.4) is 0 Å². The highest BCUT2D eigenvalue weighted by Crippen LogP contribution is 2.09. The summed E-state index contributed by atoms with van der Waals surface area (Å²) in [5, 5.41) is 0. The molecule has 16 heavy (non-hydrogen) atoms. The highest BCUT2D eigenvalue weighted by Gasteiger charge is 1.92. The molecule has 1 rings (SSSR count). The summed E-state index contributed by atoms with van der Waals surface area (Å²) in [5.41, 5.74) is 4.22. The van der Waals surface area contributed by atoms with Gasteiger partial charge in [-0.1, -0.05) is 51.1 Å². The zero-order chi connectivity index (χ0) is 13.0. The summed E-state index contributed by atoms with van der Waals surface area (Å²) in [6, 6.07) is 6.64. The maximum Gasteiger partial charge on any atom is -0.0307 e. The van der Waals surface area contributed by atoms with E-state index < -0.39 is 0 Å². The number of benzene rings is 1. The Balaban J connectivity index is 0. The minimum atomic E-state index is 1.14. The van der Waals surface area contributed by atoms with Gasteiger partial charge in [-0.25, -0.2) is 0 Å². The third kappa shape index (κ3) is 8.28. The molecule has 0 aromatic heterocycles. The van der Waals surface area contributed by atoms with Crippen LogP contribution in [0.2, 0.25) is 0 Å². The molecule has 0 bridgehead atoms. The van der Waals surface area contributed by atoms with Crippen molar-refractivity contribution in [3.63, 3.8) is 0 Å². The molecule has 1 aromatic carbocycles. The summed E-state index contributed by atoms with van der Waals surface area (Å²) >= 11 is 0. The Morgan fingerprint density at radius 1 is 0.938 bits per heavy atom. The summed E-state index contributed by atoms with van der Waals surface area (Å²) in [6.45, 7) is 14.5. The van der Waals surface area contributed by atoms with E-state index in [1.807, 2.05) is 39.8 Å². The molecular formula is C16H28. The van der Waals surface area contributed by atoms with Crippen molar-refractivity contribution >= 4 is 0 Å². The largest absolute Gasteiger partial charge is 0.0919 e. The van der Waals surface area contributed by atoms with Gasteiger partial charge in [-0.3, -0.25) is 0 Å². The van der Waals surface area contributed by atoms with Crippen LogP contribution >= 0.6 is 0 Å². The monoisotopic (exact) mass is 220 g/mol. The molecule has 0 aliphatic heterocycles. The smallest absolute Gasteiger partial charge is 0.0307 e. The average molecular weight is 220 g/mol. The van der Waals surface area contributed by atoms with Gasteiger partial charge in [-0.2, -0.15) is 0 Å². The van der Waals surface area contributed by atoms with Crippen molar-refractivity contribution in [1.82, 2.24) is 0 Å². The van der Waals surface area contributed by atoms with Crippen molar-refractivity contribution in [3.8, 4) is 0 Å². The van der Waals surface area contributed by atoms with Gasteiger partial charge in [-0.15, -0.1) is 0 Å². The Kier molecular flexibility index (Phi) is 13.1. The second kappa shape index (κ2) is 12.0. The van der Waals surface area contributed by atoms with Crippen LogP contribution < -0.4 is 0 Å². The molecular weight excluding hydrogens is 192 g/mol. The van der Waals surface area contributed by atoms with Crippen molar-refractivity contribution < 1.29 is 0 Å². The predicted octanol–water partition coefficient (Wildman–Crippen LogP) is 5.47. The minimum Gasteiger partial charge on any atom is -0.0919 e. The molecule has 0 heterocycles. The third-order valence-electron chi connectivity index (χ3n) is 2.31. The number of hydrogen-bond donors (Lipinski definition) is 0. The van der Waals surface area contributed by atoms with Gasteiger partial charge < -0.3 is 0 Å². The van der Waals surface area contributed by atoms with Gasteiger partial charge in [0.15, 0.2) is 0 Å². The lowest BCUT2D eigenvalue weighted by Gasteiger charge is -2.01. The summed E-state index contributed by atoms with van der Waals surface area (Å²) in [5.74, 6) is 0. The number of allylic oxidation sites excluding steroid dienone is 2. The summed E-state index contributed by atoms with van der Waals surface area (Å²) in [7, 11) is 0. The second-order valence-electron chi connectivity index (χ2n) is 3.44. The van der Waals surface area contributed by atoms with E-state index in [-0.39, 0.29) is 0 Å². The zero-order valence-electron chi connectivity index (χ0n) is 12.1. The first kappa shape index (κ1) is 17.4. The molecule has 0 fully saturated rings. The first-order valence-corrected chi connectivity index (χ1v) is 6.29. The maximum atomic E-state index is 2.26. The fourth-order valence-corrected chi connectivity index (χ4v) is 1.02. The molecule has 0 amide bonds. The lowest BCUT2D eigenvalue weighted by Crippen LogP contribution is -1.84. The van der Waals surface area contributed by atoms with Crippen molar-refractivity contribution in [2.24, 2.45) is 0 Å².